The van der Waals surface area contributed by atoms with E-state index >= 15 is 0 Å². The quantitative estimate of drug-likeness (QED) is 0.667. The lowest BCUT2D eigenvalue weighted by Gasteiger charge is -2.51. The maximum atomic E-state index is 6.29. The van der Waals surface area contributed by atoms with E-state index in [4.69, 9.17) is 16.3 Å². The van der Waals surface area contributed by atoms with Crippen molar-refractivity contribution in [1.29, 1.82) is 0 Å². The Morgan fingerprint density at radius 2 is 1.94 bits per heavy atom. The van der Waals surface area contributed by atoms with Crippen molar-refractivity contribution in [2.24, 2.45) is 11.3 Å². The Labute approximate surface area is 105 Å². The molecule has 0 bridgehead atoms. The molecule has 0 aliphatic heterocycles. The van der Waals surface area contributed by atoms with Crippen molar-refractivity contribution in [3.8, 4) is 0 Å². The second-order valence-corrected chi connectivity index (χ2v) is 6.42. The first kappa shape index (κ1) is 12.7. The average Bonchev–Trinajstić information content (AvgIpc) is 2.34. The molecule has 0 amide bonds. The Morgan fingerprint density at radius 3 is 2.50 bits per heavy atom. The normalized spacial score (nSPS) is 40.7. The zero-order valence-corrected chi connectivity index (χ0v) is 11.4. The molecule has 2 aliphatic carbocycles. The average molecular weight is 245 g/mol. The highest BCUT2D eigenvalue weighted by atomic mass is 35.5. The van der Waals surface area contributed by atoms with E-state index < -0.39 is 0 Å². The molecule has 2 fully saturated rings. The van der Waals surface area contributed by atoms with Crippen LogP contribution in [-0.4, -0.2) is 18.1 Å². The number of hydrogen-bond acceptors (Lipinski definition) is 1. The van der Waals surface area contributed by atoms with Crippen LogP contribution in [0.1, 0.15) is 58.8 Å². The summed E-state index contributed by atoms with van der Waals surface area (Å²) in [4.78, 5) is 0. The predicted molar refractivity (Wildman–Crippen MR) is 69.0 cm³/mol. The molecule has 3 atom stereocenters. The fourth-order valence-corrected chi connectivity index (χ4v) is 3.54. The van der Waals surface area contributed by atoms with Crippen molar-refractivity contribution in [3.63, 3.8) is 0 Å². The van der Waals surface area contributed by atoms with Crippen LogP contribution in [0.3, 0.4) is 0 Å². The van der Waals surface area contributed by atoms with Crippen LogP contribution in [0, 0.1) is 11.3 Å². The van der Waals surface area contributed by atoms with E-state index in [-0.39, 0.29) is 5.41 Å². The lowest BCUT2D eigenvalue weighted by molar-refractivity contribution is -0.111. The maximum absolute atomic E-state index is 6.29. The number of alkyl halides is 1. The molecule has 0 aromatic heterocycles. The van der Waals surface area contributed by atoms with E-state index in [1.807, 2.05) is 0 Å². The van der Waals surface area contributed by atoms with E-state index in [0.29, 0.717) is 11.5 Å². The lowest BCUT2D eigenvalue weighted by atomic mass is 9.65. The van der Waals surface area contributed by atoms with Gasteiger partial charge in [0.2, 0.25) is 0 Å². The van der Waals surface area contributed by atoms with Crippen LogP contribution < -0.4 is 0 Å². The van der Waals surface area contributed by atoms with Crippen molar-refractivity contribution in [2.45, 2.75) is 70.3 Å². The van der Waals surface area contributed by atoms with Gasteiger partial charge in [-0.25, -0.2) is 0 Å². The Hall–Kier alpha value is 0.250. The molecule has 0 N–H and O–H groups in total. The third kappa shape index (κ3) is 2.41. The lowest BCUT2D eigenvalue weighted by Crippen LogP contribution is -2.53. The van der Waals surface area contributed by atoms with Crippen LogP contribution in [0.15, 0.2) is 0 Å². The summed E-state index contributed by atoms with van der Waals surface area (Å²) in [6.45, 7) is 5.48. The van der Waals surface area contributed by atoms with Gasteiger partial charge in [0.15, 0.2) is 0 Å². The third-order valence-electron chi connectivity index (χ3n) is 4.89. The number of halogens is 1. The van der Waals surface area contributed by atoms with E-state index in [2.05, 4.69) is 13.8 Å². The fourth-order valence-electron chi connectivity index (χ4n) is 3.08. The van der Waals surface area contributed by atoms with E-state index in [0.717, 1.165) is 25.4 Å². The van der Waals surface area contributed by atoms with E-state index in [1.54, 1.807) is 0 Å². The molecule has 1 nitrogen and oxygen atoms in total. The molecule has 0 aromatic rings. The van der Waals surface area contributed by atoms with Crippen LogP contribution in [0.25, 0.3) is 0 Å². The minimum absolute atomic E-state index is 0.232. The molecule has 0 heterocycles. The first-order valence-corrected chi connectivity index (χ1v) is 7.36. The summed E-state index contributed by atoms with van der Waals surface area (Å²) in [5.41, 5.74) is 0.232. The van der Waals surface area contributed by atoms with Gasteiger partial charge in [0, 0.05) is 17.4 Å². The first-order chi connectivity index (χ1) is 7.66. The second kappa shape index (κ2) is 5.27. The predicted octanol–water partition coefficient (Wildman–Crippen LogP) is 4.38. The Bertz CT molecular complexity index is 225. The van der Waals surface area contributed by atoms with E-state index in [1.165, 1.54) is 32.1 Å². The van der Waals surface area contributed by atoms with Gasteiger partial charge in [-0.2, -0.15) is 0 Å². The molecule has 16 heavy (non-hydrogen) atoms. The molecule has 2 saturated carbocycles. The smallest absolute Gasteiger partial charge is 0.0657 e. The summed E-state index contributed by atoms with van der Waals surface area (Å²) in [5, 5.41) is 0.328. The molecule has 2 heteroatoms. The van der Waals surface area contributed by atoms with Crippen molar-refractivity contribution in [3.05, 3.63) is 0 Å². The van der Waals surface area contributed by atoms with Gasteiger partial charge < -0.3 is 4.74 Å². The first-order valence-electron chi connectivity index (χ1n) is 6.92. The largest absolute Gasteiger partial charge is 0.377 e. The number of rotatable bonds is 4. The van der Waals surface area contributed by atoms with Crippen LogP contribution in [0.5, 0.6) is 0 Å². The molecule has 0 saturated heterocycles. The molecular formula is C14H25ClO. The summed E-state index contributed by atoms with van der Waals surface area (Å²) in [6, 6.07) is 0. The van der Waals surface area contributed by atoms with Gasteiger partial charge >= 0.3 is 0 Å². The van der Waals surface area contributed by atoms with Crippen molar-refractivity contribution < 1.29 is 4.74 Å². The topological polar surface area (TPSA) is 9.23 Å². The summed E-state index contributed by atoms with van der Waals surface area (Å²) < 4.78 is 6.11. The Kier molecular flexibility index (Phi) is 4.18. The Morgan fingerprint density at radius 1 is 1.25 bits per heavy atom. The molecule has 94 valence electrons. The summed E-state index contributed by atoms with van der Waals surface area (Å²) in [7, 11) is 0. The van der Waals surface area contributed by atoms with Gasteiger partial charge in [-0.1, -0.05) is 33.1 Å². The number of ether oxygens (including phenoxy) is 1. The van der Waals surface area contributed by atoms with Gasteiger partial charge in [-0.05, 0) is 31.6 Å². The van der Waals surface area contributed by atoms with Crippen molar-refractivity contribution in [2.75, 3.05) is 6.61 Å². The summed E-state index contributed by atoms with van der Waals surface area (Å²) in [5.74, 6) is 0.823. The standard InChI is InChI=1S/C14H25ClO/c1-3-14(2)12(15)9-13(14)16-10-11-7-5-4-6-8-11/h11-13H,3-10H2,1-2H3. The van der Waals surface area contributed by atoms with Crippen LogP contribution in [0.4, 0.5) is 0 Å². The highest BCUT2D eigenvalue weighted by Crippen LogP contribution is 2.49. The molecule has 0 radical (unpaired) electrons. The maximum Gasteiger partial charge on any atom is 0.0657 e. The zero-order valence-electron chi connectivity index (χ0n) is 10.7. The SMILES string of the molecule is CCC1(C)C(Cl)CC1OCC1CCCCC1. The molecular weight excluding hydrogens is 220 g/mol. The molecule has 3 unspecified atom stereocenters. The van der Waals surface area contributed by atoms with Crippen LogP contribution in [0.2, 0.25) is 0 Å². The minimum Gasteiger partial charge on any atom is -0.377 e. The van der Waals surface area contributed by atoms with Gasteiger partial charge in [0.05, 0.1) is 6.10 Å². The molecule has 2 rings (SSSR count). The van der Waals surface area contributed by atoms with E-state index in [9.17, 15) is 0 Å². The Balaban J connectivity index is 1.74. The molecule has 0 spiro atoms. The molecule has 2 aliphatic rings. The second-order valence-electron chi connectivity index (χ2n) is 5.89. The van der Waals surface area contributed by atoms with Gasteiger partial charge in [0.25, 0.3) is 0 Å². The van der Waals surface area contributed by atoms with Crippen molar-refractivity contribution >= 4 is 11.6 Å². The van der Waals surface area contributed by atoms with Crippen LogP contribution >= 0.6 is 11.6 Å². The minimum atomic E-state index is 0.232. The summed E-state index contributed by atoms with van der Waals surface area (Å²) in [6.07, 6.45) is 9.59. The van der Waals surface area contributed by atoms with Crippen molar-refractivity contribution in [1.82, 2.24) is 0 Å². The van der Waals surface area contributed by atoms with Gasteiger partial charge in [-0.3, -0.25) is 0 Å². The zero-order chi connectivity index (χ0) is 11.6. The van der Waals surface area contributed by atoms with Crippen LogP contribution in [-0.2, 0) is 4.74 Å². The monoisotopic (exact) mass is 244 g/mol. The van der Waals surface area contributed by atoms with Gasteiger partial charge in [0.1, 0.15) is 0 Å². The highest BCUT2D eigenvalue weighted by molar-refractivity contribution is 6.21. The summed E-state index contributed by atoms with van der Waals surface area (Å²) >= 11 is 6.29. The fraction of sp³-hybridized carbons (Fsp3) is 1.00. The third-order valence-corrected chi connectivity index (χ3v) is 5.57. The highest BCUT2D eigenvalue weighted by Gasteiger charge is 2.50. The molecule has 0 aromatic carbocycles. The van der Waals surface area contributed by atoms with Gasteiger partial charge in [-0.15, -0.1) is 11.6 Å². The number of hydrogen-bond donors (Lipinski definition) is 0.